The Bertz CT molecular complexity index is 3130. The molecule has 0 aliphatic carbocycles. The van der Waals surface area contributed by atoms with Gasteiger partial charge in [0.25, 0.3) is 0 Å². The van der Waals surface area contributed by atoms with Crippen molar-refractivity contribution in [2.24, 2.45) is 0 Å². The summed E-state index contributed by atoms with van der Waals surface area (Å²) in [7, 11) is 0. The Morgan fingerprint density at radius 2 is 0.821 bits per heavy atom. The molecular weight excluding hydrogens is 685 g/mol. The van der Waals surface area contributed by atoms with E-state index in [0.717, 1.165) is 55.3 Å². The van der Waals surface area contributed by atoms with Crippen LogP contribution in [0.5, 0.6) is 0 Å². The quantitative estimate of drug-likeness (QED) is 0.172. The van der Waals surface area contributed by atoms with Gasteiger partial charge in [-0.15, -0.1) is 0 Å². The van der Waals surface area contributed by atoms with Crippen LogP contribution in [0.15, 0.2) is 199 Å². The predicted octanol–water partition coefficient (Wildman–Crippen LogP) is 13.2. The van der Waals surface area contributed by atoms with Gasteiger partial charge in [-0.25, -0.2) is 15.0 Å². The highest BCUT2D eigenvalue weighted by atomic mass is 16.3. The van der Waals surface area contributed by atoms with Gasteiger partial charge in [0.2, 0.25) is 0 Å². The van der Waals surface area contributed by atoms with Gasteiger partial charge in [-0.3, -0.25) is 0 Å². The molecule has 0 atom stereocenters. The van der Waals surface area contributed by atoms with Crippen molar-refractivity contribution in [1.82, 2.24) is 19.5 Å². The van der Waals surface area contributed by atoms with Crippen molar-refractivity contribution >= 4 is 43.7 Å². The van der Waals surface area contributed by atoms with Gasteiger partial charge in [0.05, 0.1) is 11.0 Å². The molecular formula is C51H32N4O. The van der Waals surface area contributed by atoms with Crippen molar-refractivity contribution in [2.45, 2.75) is 0 Å². The van der Waals surface area contributed by atoms with E-state index in [0.29, 0.717) is 17.5 Å². The number of para-hydroxylation sites is 1. The Morgan fingerprint density at radius 1 is 0.339 bits per heavy atom. The third-order valence-electron chi connectivity index (χ3n) is 10.7. The molecule has 3 heterocycles. The van der Waals surface area contributed by atoms with Crippen LogP contribution in [0.3, 0.4) is 0 Å². The number of rotatable bonds is 6. The van der Waals surface area contributed by atoms with Gasteiger partial charge < -0.3 is 8.98 Å². The summed E-state index contributed by atoms with van der Waals surface area (Å²) in [6.07, 6.45) is 0. The van der Waals surface area contributed by atoms with Crippen molar-refractivity contribution in [3.05, 3.63) is 194 Å². The highest BCUT2D eigenvalue weighted by molar-refractivity contribution is 6.12. The van der Waals surface area contributed by atoms with Crippen LogP contribution >= 0.6 is 0 Å². The van der Waals surface area contributed by atoms with E-state index in [1.54, 1.807) is 0 Å². The lowest BCUT2D eigenvalue weighted by molar-refractivity contribution is 0.669. The second-order valence-corrected chi connectivity index (χ2v) is 14.0. The first-order chi connectivity index (χ1) is 27.7. The number of nitrogens with zero attached hydrogens (tertiary/aromatic N) is 4. The molecule has 0 N–H and O–H groups in total. The molecule has 5 heteroatoms. The summed E-state index contributed by atoms with van der Waals surface area (Å²) in [5.74, 6) is 1.81. The van der Waals surface area contributed by atoms with Crippen molar-refractivity contribution in [1.29, 1.82) is 0 Å². The van der Waals surface area contributed by atoms with E-state index in [1.807, 2.05) is 60.7 Å². The zero-order valence-electron chi connectivity index (χ0n) is 30.2. The van der Waals surface area contributed by atoms with Gasteiger partial charge in [0, 0.05) is 43.9 Å². The molecule has 11 rings (SSSR count). The maximum Gasteiger partial charge on any atom is 0.164 e. The maximum atomic E-state index is 6.25. The van der Waals surface area contributed by atoms with E-state index in [9.17, 15) is 0 Å². The minimum absolute atomic E-state index is 0.597. The minimum Gasteiger partial charge on any atom is -0.456 e. The van der Waals surface area contributed by atoms with Crippen molar-refractivity contribution < 1.29 is 4.42 Å². The summed E-state index contributed by atoms with van der Waals surface area (Å²) < 4.78 is 8.63. The fourth-order valence-electron chi connectivity index (χ4n) is 7.98. The number of aromatic nitrogens is 4. The molecule has 56 heavy (non-hydrogen) atoms. The number of benzene rings is 8. The van der Waals surface area contributed by atoms with Gasteiger partial charge in [-0.2, -0.15) is 0 Å². The summed E-state index contributed by atoms with van der Waals surface area (Å²) in [6, 6.07) is 67.6. The Balaban J connectivity index is 1.09. The fourth-order valence-corrected chi connectivity index (χ4v) is 7.98. The molecule has 0 radical (unpaired) electrons. The summed E-state index contributed by atoms with van der Waals surface area (Å²) in [6.45, 7) is 0. The van der Waals surface area contributed by atoms with Crippen LogP contribution in [-0.2, 0) is 0 Å². The minimum atomic E-state index is 0.597. The van der Waals surface area contributed by atoms with Crippen LogP contribution < -0.4 is 0 Å². The second kappa shape index (κ2) is 13.0. The average molecular weight is 717 g/mol. The van der Waals surface area contributed by atoms with E-state index in [-0.39, 0.29) is 0 Å². The number of furan rings is 1. The molecule has 262 valence electrons. The van der Waals surface area contributed by atoms with Crippen LogP contribution in [0.2, 0.25) is 0 Å². The summed E-state index contributed by atoms with van der Waals surface area (Å²) in [5, 5.41) is 4.44. The molecule has 0 saturated carbocycles. The first-order valence-corrected chi connectivity index (χ1v) is 18.8. The van der Waals surface area contributed by atoms with Crippen LogP contribution in [-0.4, -0.2) is 19.5 Å². The molecule has 0 saturated heterocycles. The average Bonchev–Trinajstić information content (AvgIpc) is 3.82. The standard InChI is InChI=1S/C51H32N4O/c1-4-13-33(14-5-1)37-25-29-40-41-30-26-38(34-15-6-2-7-16-34)32-45(41)55(44(40)31-37)39-27-23-36(24-28-39)50-52-49(35-17-8-3-9-18-35)53-51(54-50)43-20-12-22-47-48(43)42-19-10-11-21-46(42)56-47/h1-32H. The van der Waals surface area contributed by atoms with Crippen LogP contribution in [0.1, 0.15) is 0 Å². The van der Waals surface area contributed by atoms with Crippen LogP contribution in [0.25, 0.3) is 106 Å². The molecule has 0 aliphatic heterocycles. The van der Waals surface area contributed by atoms with Gasteiger partial charge in [0.1, 0.15) is 11.2 Å². The second-order valence-electron chi connectivity index (χ2n) is 14.0. The van der Waals surface area contributed by atoms with Crippen molar-refractivity contribution in [2.75, 3.05) is 0 Å². The zero-order chi connectivity index (χ0) is 37.0. The zero-order valence-corrected chi connectivity index (χ0v) is 30.2. The third kappa shape index (κ3) is 5.37. The fraction of sp³-hybridized carbons (Fsp3) is 0. The summed E-state index contributed by atoms with van der Waals surface area (Å²) in [5.41, 5.74) is 12.4. The largest absolute Gasteiger partial charge is 0.456 e. The highest BCUT2D eigenvalue weighted by Crippen LogP contribution is 2.39. The normalized spacial score (nSPS) is 11.6. The topological polar surface area (TPSA) is 56.7 Å². The Labute approximate surface area is 322 Å². The van der Waals surface area contributed by atoms with Gasteiger partial charge in [-0.1, -0.05) is 146 Å². The summed E-state index contributed by atoms with van der Waals surface area (Å²) in [4.78, 5) is 15.3. The van der Waals surface area contributed by atoms with Crippen molar-refractivity contribution in [3.8, 4) is 62.1 Å². The molecule has 8 aromatic carbocycles. The molecule has 0 spiro atoms. The SMILES string of the molecule is c1ccc(-c2ccc3c4ccc(-c5ccccc5)cc4n(-c4ccc(-c5nc(-c6ccccc6)nc(-c6cccc7oc8ccccc8c67)n5)cc4)c3c2)cc1. The molecule has 0 bridgehead atoms. The number of fused-ring (bicyclic) bond motifs is 6. The lowest BCUT2D eigenvalue weighted by Crippen LogP contribution is -2.01. The lowest BCUT2D eigenvalue weighted by atomic mass is 10.0. The van der Waals surface area contributed by atoms with E-state index in [1.165, 1.54) is 33.0 Å². The molecule has 5 nitrogen and oxygen atoms in total. The van der Waals surface area contributed by atoms with Crippen LogP contribution in [0.4, 0.5) is 0 Å². The summed E-state index contributed by atoms with van der Waals surface area (Å²) >= 11 is 0. The van der Waals surface area contributed by atoms with Crippen LogP contribution in [0, 0.1) is 0 Å². The van der Waals surface area contributed by atoms with Gasteiger partial charge in [0.15, 0.2) is 17.5 Å². The number of hydrogen-bond donors (Lipinski definition) is 0. The number of hydrogen-bond acceptors (Lipinski definition) is 4. The third-order valence-corrected chi connectivity index (χ3v) is 10.7. The molecule has 11 aromatic rings. The smallest absolute Gasteiger partial charge is 0.164 e. The van der Waals surface area contributed by atoms with Gasteiger partial charge in [-0.05, 0) is 70.8 Å². The maximum absolute atomic E-state index is 6.25. The molecule has 0 aliphatic rings. The molecule has 0 fully saturated rings. The van der Waals surface area contributed by atoms with E-state index >= 15 is 0 Å². The monoisotopic (exact) mass is 716 g/mol. The van der Waals surface area contributed by atoms with Gasteiger partial charge >= 0.3 is 0 Å². The van der Waals surface area contributed by atoms with E-state index in [4.69, 9.17) is 19.4 Å². The molecule has 3 aromatic heterocycles. The Kier molecular flexibility index (Phi) is 7.42. The van der Waals surface area contributed by atoms with E-state index in [2.05, 4.69) is 138 Å². The Hall–Kier alpha value is -7.63. The highest BCUT2D eigenvalue weighted by Gasteiger charge is 2.19. The molecule has 0 amide bonds. The molecule has 0 unspecified atom stereocenters. The van der Waals surface area contributed by atoms with E-state index < -0.39 is 0 Å². The lowest BCUT2D eigenvalue weighted by Gasteiger charge is -2.12. The first-order valence-electron chi connectivity index (χ1n) is 18.8. The van der Waals surface area contributed by atoms with Crippen molar-refractivity contribution in [3.63, 3.8) is 0 Å². The Morgan fingerprint density at radius 3 is 1.43 bits per heavy atom. The predicted molar refractivity (Wildman–Crippen MR) is 229 cm³/mol. The first kappa shape index (κ1) is 31.9.